The van der Waals surface area contributed by atoms with Crippen molar-refractivity contribution in [2.45, 2.75) is 6.92 Å². The smallest absolute Gasteiger partial charge is 0.148 e. The Morgan fingerprint density at radius 1 is 1.24 bits per heavy atom. The maximum atomic E-state index is 5.32. The third kappa shape index (κ3) is 4.51. The van der Waals surface area contributed by atoms with Crippen molar-refractivity contribution in [3.8, 4) is 0 Å². The van der Waals surface area contributed by atoms with Crippen molar-refractivity contribution in [3.05, 3.63) is 11.9 Å². The first-order valence-corrected chi connectivity index (χ1v) is 5.38. The molecule has 1 rings (SSSR count). The Hall–Kier alpha value is -1.44. The molecule has 0 saturated heterocycles. The lowest BCUT2D eigenvalue weighted by molar-refractivity contribution is 0.0759. The molecule has 7 nitrogen and oxygen atoms in total. The molecule has 1 heterocycles. The second-order valence-corrected chi connectivity index (χ2v) is 3.37. The van der Waals surface area contributed by atoms with Crippen molar-refractivity contribution >= 4 is 11.6 Å². The van der Waals surface area contributed by atoms with Crippen LogP contribution in [-0.2, 0) is 9.47 Å². The molecular weight excluding hydrogens is 222 g/mol. The van der Waals surface area contributed by atoms with Gasteiger partial charge in [0, 0.05) is 19.2 Å². The van der Waals surface area contributed by atoms with E-state index in [1.165, 1.54) is 6.33 Å². The molecule has 96 valence electrons. The van der Waals surface area contributed by atoms with Crippen LogP contribution < -0.4 is 16.6 Å². The van der Waals surface area contributed by atoms with Crippen LogP contribution in [0.3, 0.4) is 0 Å². The van der Waals surface area contributed by atoms with Gasteiger partial charge in [0.1, 0.15) is 18.0 Å². The third-order valence-corrected chi connectivity index (χ3v) is 2.19. The molecular formula is C10H19N5O2. The lowest BCUT2D eigenvalue weighted by Gasteiger charge is -2.10. The quantitative estimate of drug-likeness (QED) is 0.338. The van der Waals surface area contributed by atoms with E-state index < -0.39 is 0 Å². The molecule has 0 atom stereocenters. The minimum atomic E-state index is 0.594. The topological polar surface area (TPSA) is 94.3 Å². The highest BCUT2D eigenvalue weighted by molar-refractivity contribution is 5.55. The Balaban J connectivity index is 2.31. The van der Waals surface area contributed by atoms with Crippen molar-refractivity contribution in [2.75, 3.05) is 44.2 Å². The Labute approximate surface area is 101 Å². The van der Waals surface area contributed by atoms with E-state index in [4.69, 9.17) is 15.3 Å². The van der Waals surface area contributed by atoms with Gasteiger partial charge in [-0.2, -0.15) is 0 Å². The van der Waals surface area contributed by atoms with Gasteiger partial charge in [-0.1, -0.05) is 0 Å². The molecule has 1 aromatic heterocycles. The number of methoxy groups -OCH3 is 1. The molecule has 0 aromatic carbocycles. The normalized spacial score (nSPS) is 10.3. The number of aromatic nitrogens is 2. The zero-order chi connectivity index (χ0) is 12.5. The summed E-state index contributed by atoms with van der Waals surface area (Å²) in [6, 6.07) is 0. The highest BCUT2D eigenvalue weighted by Gasteiger charge is 2.04. The van der Waals surface area contributed by atoms with Gasteiger partial charge in [0.05, 0.1) is 19.8 Å². The van der Waals surface area contributed by atoms with Crippen molar-refractivity contribution in [2.24, 2.45) is 5.84 Å². The number of ether oxygens (including phenoxy) is 2. The number of nitrogens with one attached hydrogen (secondary N) is 2. The number of nitrogen functional groups attached to an aromatic ring is 1. The van der Waals surface area contributed by atoms with Crippen LogP contribution in [0.2, 0.25) is 0 Å². The summed E-state index contributed by atoms with van der Waals surface area (Å²) < 4.78 is 10.2. The third-order valence-electron chi connectivity index (χ3n) is 2.19. The number of anilines is 2. The SMILES string of the molecule is COCCOCCNc1ncnc(NN)c1C. The first-order chi connectivity index (χ1) is 8.29. The first-order valence-electron chi connectivity index (χ1n) is 5.38. The van der Waals surface area contributed by atoms with Crippen molar-refractivity contribution in [3.63, 3.8) is 0 Å². The summed E-state index contributed by atoms with van der Waals surface area (Å²) in [6.45, 7) is 4.36. The largest absolute Gasteiger partial charge is 0.382 e. The summed E-state index contributed by atoms with van der Waals surface area (Å²) in [5, 5.41) is 3.15. The molecule has 0 aliphatic heterocycles. The van der Waals surface area contributed by atoms with Crippen molar-refractivity contribution < 1.29 is 9.47 Å². The molecule has 0 saturated carbocycles. The van der Waals surface area contributed by atoms with Crippen molar-refractivity contribution in [1.29, 1.82) is 0 Å². The monoisotopic (exact) mass is 241 g/mol. The summed E-state index contributed by atoms with van der Waals surface area (Å²) in [7, 11) is 1.65. The zero-order valence-corrected chi connectivity index (χ0v) is 10.2. The lowest BCUT2D eigenvalue weighted by atomic mass is 10.3. The van der Waals surface area contributed by atoms with Crippen LogP contribution in [0.25, 0.3) is 0 Å². The van der Waals surface area contributed by atoms with Gasteiger partial charge in [-0.15, -0.1) is 0 Å². The number of rotatable bonds is 8. The van der Waals surface area contributed by atoms with E-state index in [1.807, 2.05) is 6.92 Å². The molecule has 0 fully saturated rings. The highest BCUT2D eigenvalue weighted by atomic mass is 16.5. The fourth-order valence-electron chi connectivity index (χ4n) is 1.26. The van der Waals surface area contributed by atoms with Crippen LogP contribution in [0.1, 0.15) is 5.56 Å². The van der Waals surface area contributed by atoms with E-state index in [-0.39, 0.29) is 0 Å². The molecule has 0 aliphatic carbocycles. The molecule has 0 aliphatic rings. The maximum Gasteiger partial charge on any atom is 0.148 e. The van der Waals surface area contributed by atoms with Crippen LogP contribution in [0, 0.1) is 6.92 Å². The molecule has 1 aromatic rings. The molecule has 0 spiro atoms. The van der Waals surface area contributed by atoms with Crippen LogP contribution in [0.15, 0.2) is 6.33 Å². The fourth-order valence-corrected chi connectivity index (χ4v) is 1.26. The Bertz CT molecular complexity index is 334. The molecule has 4 N–H and O–H groups in total. The minimum Gasteiger partial charge on any atom is -0.382 e. The van der Waals surface area contributed by atoms with Gasteiger partial charge in [0.25, 0.3) is 0 Å². The van der Waals surface area contributed by atoms with E-state index in [1.54, 1.807) is 7.11 Å². The average molecular weight is 241 g/mol. The lowest BCUT2D eigenvalue weighted by Crippen LogP contribution is -2.15. The van der Waals surface area contributed by atoms with Gasteiger partial charge < -0.3 is 20.2 Å². The predicted octanol–water partition coefficient (Wildman–Crippen LogP) is 0.146. The van der Waals surface area contributed by atoms with E-state index in [2.05, 4.69) is 20.7 Å². The molecule has 0 radical (unpaired) electrons. The number of hydrazine groups is 1. The molecule has 7 heteroatoms. The van der Waals surface area contributed by atoms with E-state index in [0.717, 1.165) is 11.4 Å². The Kier molecular flexibility index (Phi) is 6.23. The number of nitrogens with two attached hydrogens (primary N) is 1. The van der Waals surface area contributed by atoms with E-state index in [9.17, 15) is 0 Å². The van der Waals surface area contributed by atoms with Gasteiger partial charge in [0.15, 0.2) is 0 Å². The maximum absolute atomic E-state index is 5.32. The Morgan fingerprint density at radius 3 is 2.71 bits per heavy atom. The second-order valence-electron chi connectivity index (χ2n) is 3.37. The fraction of sp³-hybridized carbons (Fsp3) is 0.600. The van der Waals surface area contributed by atoms with Crippen molar-refractivity contribution in [1.82, 2.24) is 9.97 Å². The highest BCUT2D eigenvalue weighted by Crippen LogP contribution is 2.16. The van der Waals surface area contributed by atoms with Gasteiger partial charge >= 0.3 is 0 Å². The summed E-state index contributed by atoms with van der Waals surface area (Å²) in [6.07, 6.45) is 1.45. The number of hydrogen-bond donors (Lipinski definition) is 3. The standard InChI is InChI=1S/C10H19N5O2/c1-8-9(13-7-14-10(8)15-11)12-3-4-17-6-5-16-2/h7H,3-6,11H2,1-2H3,(H2,12,13,14,15). The summed E-state index contributed by atoms with van der Waals surface area (Å²) >= 11 is 0. The summed E-state index contributed by atoms with van der Waals surface area (Å²) in [5.74, 6) is 6.69. The van der Waals surface area contributed by atoms with E-state index in [0.29, 0.717) is 32.2 Å². The van der Waals surface area contributed by atoms with Crippen LogP contribution in [-0.4, -0.2) is 43.4 Å². The van der Waals surface area contributed by atoms with Gasteiger partial charge in [0.2, 0.25) is 0 Å². The summed E-state index contributed by atoms with van der Waals surface area (Å²) in [4.78, 5) is 8.11. The van der Waals surface area contributed by atoms with Crippen LogP contribution in [0.5, 0.6) is 0 Å². The summed E-state index contributed by atoms with van der Waals surface area (Å²) in [5.41, 5.74) is 3.40. The molecule has 0 bridgehead atoms. The number of hydrogen-bond acceptors (Lipinski definition) is 7. The molecule has 0 unspecified atom stereocenters. The van der Waals surface area contributed by atoms with Crippen LogP contribution in [0.4, 0.5) is 11.6 Å². The Morgan fingerprint density at radius 2 is 2.00 bits per heavy atom. The molecule has 0 amide bonds. The van der Waals surface area contributed by atoms with Gasteiger partial charge in [-0.3, -0.25) is 0 Å². The minimum absolute atomic E-state index is 0.594. The zero-order valence-electron chi connectivity index (χ0n) is 10.2. The molecule has 17 heavy (non-hydrogen) atoms. The van der Waals surface area contributed by atoms with Gasteiger partial charge in [-0.25, -0.2) is 15.8 Å². The van der Waals surface area contributed by atoms with E-state index >= 15 is 0 Å². The second kappa shape index (κ2) is 7.77. The van der Waals surface area contributed by atoms with Gasteiger partial charge in [-0.05, 0) is 6.92 Å². The first kappa shape index (κ1) is 13.6. The van der Waals surface area contributed by atoms with Crippen LogP contribution >= 0.6 is 0 Å². The average Bonchev–Trinajstić information content (AvgIpc) is 2.35. The number of nitrogens with zero attached hydrogens (tertiary/aromatic N) is 2. The predicted molar refractivity (Wildman–Crippen MR) is 65.8 cm³/mol.